The van der Waals surface area contributed by atoms with Gasteiger partial charge in [0.15, 0.2) is 0 Å². The Bertz CT molecular complexity index is 1090. The van der Waals surface area contributed by atoms with E-state index in [1.807, 2.05) is 71.5 Å². The topological polar surface area (TPSA) is 50.4 Å². The van der Waals surface area contributed by atoms with E-state index in [1.165, 1.54) is 6.07 Å². The van der Waals surface area contributed by atoms with Crippen LogP contribution in [0.5, 0.6) is 5.75 Å². The summed E-state index contributed by atoms with van der Waals surface area (Å²) in [5, 5.41) is 15.2. The van der Waals surface area contributed by atoms with Crippen molar-refractivity contribution < 1.29 is 5.11 Å². The molecule has 5 heteroatoms. The first-order valence-electron chi connectivity index (χ1n) is 8.44. The summed E-state index contributed by atoms with van der Waals surface area (Å²) in [6, 6.07) is 24.6. The summed E-state index contributed by atoms with van der Waals surface area (Å²) >= 11 is 6.01. The minimum atomic E-state index is 0.0763. The smallest absolute Gasteiger partial charge is 0.141 e. The van der Waals surface area contributed by atoms with Crippen LogP contribution in [-0.4, -0.2) is 21.1 Å². The van der Waals surface area contributed by atoms with E-state index in [0.29, 0.717) is 10.7 Å². The molecular weight excluding hydrogens is 358 g/mol. The Morgan fingerprint density at radius 2 is 1.63 bits per heavy atom. The van der Waals surface area contributed by atoms with Crippen LogP contribution in [0.2, 0.25) is 5.02 Å². The lowest BCUT2D eigenvalue weighted by molar-refractivity contribution is 0.477. The molecule has 0 saturated carbocycles. The fourth-order valence-corrected chi connectivity index (χ4v) is 2.92. The van der Waals surface area contributed by atoms with Crippen LogP contribution in [-0.2, 0) is 0 Å². The van der Waals surface area contributed by atoms with Gasteiger partial charge in [-0.25, -0.2) is 4.68 Å². The van der Waals surface area contributed by atoms with Crippen molar-refractivity contribution in [3.63, 3.8) is 0 Å². The van der Waals surface area contributed by atoms with Crippen LogP contribution in [0.15, 0.2) is 90.1 Å². The number of hydrogen-bond acceptors (Lipinski definition) is 3. The molecule has 0 fully saturated rings. The summed E-state index contributed by atoms with van der Waals surface area (Å²) in [5.74, 6) is 0.0763. The number of rotatable bonds is 4. The van der Waals surface area contributed by atoms with E-state index in [0.717, 1.165) is 22.5 Å². The highest BCUT2D eigenvalue weighted by Crippen LogP contribution is 2.30. The molecule has 0 saturated heterocycles. The number of phenolic OH excluding ortho intramolecular Hbond substituents is 1. The highest BCUT2D eigenvalue weighted by Gasteiger charge is 2.11. The predicted octanol–water partition coefficient (Wildman–Crippen LogP) is 5.65. The Labute approximate surface area is 162 Å². The largest absolute Gasteiger partial charge is 0.506 e. The van der Waals surface area contributed by atoms with Crippen molar-refractivity contribution in [2.24, 2.45) is 4.99 Å². The van der Waals surface area contributed by atoms with Crippen molar-refractivity contribution in [1.29, 1.82) is 0 Å². The van der Waals surface area contributed by atoms with Gasteiger partial charge in [-0.1, -0.05) is 60.1 Å². The first kappa shape index (κ1) is 17.1. The van der Waals surface area contributed by atoms with Crippen molar-refractivity contribution >= 4 is 23.5 Å². The van der Waals surface area contributed by atoms with Crippen molar-refractivity contribution in [2.75, 3.05) is 0 Å². The third-order valence-corrected chi connectivity index (χ3v) is 4.33. The Morgan fingerprint density at radius 3 is 2.37 bits per heavy atom. The molecule has 0 atom stereocenters. The van der Waals surface area contributed by atoms with E-state index in [-0.39, 0.29) is 5.75 Å². The number of nitrogens with zero attached hydrogens (tertiary/aromatic N) is 3. The van der Waals surface area contributed by atoms with Gasteiger partial charge in [0.1, 0.15) is 17.1 Å². The quantitative estimate of drug-likeness (QED) is 0.470. The van der Waals surface area contributed by atoms with Crippen molar-refractivity contribution in [3.05, 3.63) is 95.6 Å². The van der Waals surface area contributed by atoms with Crippen LogP contribution in [0.4, 0.5) is 5.69 Å². The lowest BCUT2D eigenvalue weighted by Gasteiger charge is -2.00. The number of aromatic nitrogens is 2. The number of hydrogen-bond donors (Lipinski definition) is 1. The van der Waals surface area contributed by atoms with E-state index in [9.17, 15) is 5.11 Å². The van der Waals surface area contributed by atoms with E-state index in [1.54, 1.807) is 18.3 Å². The van der Waals surface area contributed by atoms with Crippen molar-refractivity contribution in [1.82, 2.24) is 9.78 Å². The fraction of sp³-hybridized carbons (Fsp3) is 0. The third kappa shape index (κ3) is 3.76. The monoisotopic (exact) mass is 373 g/mol. The van der Waals surface area contributed by atoms with Crippen LogP contribution in [0.3, 0.4) is 0 Å². The maximum Gasteiger partial charge on any atom is 0.141 e. The molecule has 0 amide bonds. The SMILES string of the molecule is Oc1ccc(Cl)cc1N=Cc1cn(-c2ccccc2)nc1-c1ccccc1. The molecule has 0 spiro atoms. The lowest BCUT2D eigenvalue weighted by Crippen LogP contribution is -1.93. The average molecular weight is 374 g/mol. The van der Waals surface area contributed by atoms with Crippen LogP contribution < -0.4 is 0 Å². The van der Waals surface area contributed by atoms with Gasteiger partial charge in [0, 0.05) is 28.6 Å². The molecule has 0 aliphatic carbocycles. The van der Waals surface area contributed by atoms with Gasteiger partial charge in [0.2, 0.25) is 0 Å². The zero-order valence-electron chi connectivity index (χ0n) is 14.3. The highest BCUT2D eigenvalue weighted by atomic mass is 35.5. The number of halogens is 1. The molecular formula is C22H16ClN3O. The minimum Gasteiger partial charge on any atom is -0.506 e. The zero-order chi connectivity index (χ0) is 18.6. The van der Waals surface area contributed by atoms with Gasteiger partial charge < -0.3 is 5.11 Å². The van der Waals surface area contributed by atoms with Gasteiger partial charge in [-0.2, -0.15) is 5.10 Å². The minimum absolute atomic E-state index is 0.0763. The van der Waals surface area contributed by atoms with Crippen molar-refractivity contribution in [3.8, 4) is 22.7 Å². The second kappa shape index (κ2) is 7.48. The molecule has 4 nitrogen and oxygen atoms in total. The second-order valence-corrected chi connectivity index (χ2v) is 6.41. The summed E-state index contributed by atoms with van der Waals surface area (Å²) < 4.78 is 1.82. The average Bonchev–Trinajstić information content (AvgIpc) is 3.14. The zero-order valence-corrected chi connectivity index (χ0v) is 15.1. The Morgan fingerprint density at radius 1 is 0.926 bits per heavy atom. The number of aromatic hydroxyl groups is 1. The third-order valence-electron chi connectivity index (χ3n) is 4.09. The maximum absolute atomic E-state index is 9.99. The number of benzene rings is 3. The normalized spacial score (nSPS) is 11.1. The van der Waals surface area contributed by atoms with Gasteiger partial charge in [-0.3, -0.25) is 4.99 Å². The molecule has 0 aliphatic heterocycles. The van der Waals surface area contributed by atoms with E-state index in [4.69, 9.17) is 16.7 Å². The summed E-state index contributed by atoms with van der Waals surface area (Å²) in [5.41, 5.74) is 4.01. The number of para-hydroxylation sites is 1. The van der Waals surface area contributed by atoms with E-state index >= 15 is 0 Å². The molecule has 0 aliphatic rings. The number of aliphatic imine (C=N–C) groups is 1. The Balaban J connectivity index is 1.80. The van der Waals surface area contributed by atoms with Crippen LogP contribution in [0.25, 0.3) is 16.9 Å². The predicted molar refractivity (Wildman–Crippen MR) is 109 cm³/mol. The molecule has 1 aromatic heterocycles. The van der Waals surface area contributed by atoms with Gasteiger partial charge in [0.25, 0.3) is 0 Å². The molecule has 1 N–H and O–H groups in total. The Hall–Kier alpha value is -3.37. The summed E-state index contributed by atoms with van der Waals surface area (Å²) in [6.45, 7) is 0. The maximum atomic E-state index is 9.99. The fourth-order valence-electron chi connectivity index (χ4n) is 2.75. The summed E-state index contributed by atoms with van der Waals surface area (Å²) in [7, 11) is 0. The standard InChI is InChI=1S/C22H16ClN3O/c23-18-11-12-21(27)20(13-18)24-14-17-15-26(19-9-5-2-6-10-19)25-22(17)16-7-3-1-4-8-16/h1-15,27H. The molecule has 1 heterocycles. The first-order chi connectivity index (χ1) is 13.2. The van der Waals surface area contributed by atoms with E-state index in [2.05, 4.69) is 4.99 Å². The molecule has 132 valence electrons. The molecule has 3 aromatic carbocycles. The Kier molecular flexibility index (Phi) is 4.73. The van der Waals surface area contributed by atoms with E-state index < -0.39 is 0 Å². The molecule has 0 bridgehead atoms. The van der Waals surface area contributed by atoms with Crippen LogP contribution >= 0.6 is 11.6 Å². The molecule has 0 unspecified atom stereocenters. The molecule has 4 aromatic rings. The van der Waals surface area contributed by atoms with Crippen molar-refractivity contribution in [2.45, 2.75) is 0 Å². The van der Waals surface area contributed by atoms with Gasteiger partial charge in [-0.05, 0) is 30.3 Å². The molecule has 4 rings (SSSR count). The van der Waals surface area contributed by atoms with Gasteiger partial charge >= 0.3 is 0 Å². The second-order valence-electron chi connectivity index (χ2n) is 5.97. The van der Waals surface area contributed by atoms with Crippen LogP contribution in [0, 0.1) is 0 Å². The van der Waals surface area contributed by atoms with Crippen LogP contribution in [0.1, 0.15) is 5.56 Å². The molecule has 0 radical (unpaired) electrons. The first-order valence-corrected chi connectivity index (χ1v) is 8.81. The highest BCUT2D eigenvalue weighted by molar-refractivity contribution is 6.30. The lowest BCUT2D eigenvalue weighted by atomic mass is 10.1. The summed E-state index contributed by atoms with van der Waals surface area (Å²) in [6.07, 6.45) is 3.61. The number of phenols is 1. The molecule has 27 heavy (non-hydrogen) atoms. The summed E-state index contributed by atoms with van der Waals surface area (Å²) in [4.78, 5) is 4.42. The van der Waals surface area contributed by atoms with Gasteiger partial charge in [0.05, 0.1) is 5.69 Å². The van der Waals surface area contributed by atoms with Gasteiger partial charge in [-0.15, -0.1) is 0 Å².